The molecular weight excluding hydrogens is 280 g/mol. The van der Waals surface area contributed by atoms with Gasteiger partial charge in [0.05, 0.1) is 18.1 Å². The Balaban J connectivity index is 1.74. The second-order valence-corrected chi connectivity index (χ2v) is 6.77. The highest BCUT2D eigenvalue weighted by atomic mass is 32.1. The van der Waals surface area contributed by atoms with Gasteiger partial charge in [-0.2, -0.15) is 0 Å². The SMILES string of the molecule is COc1ccc2c(c1)[nH]c(=S)n2CCC1CCC(C)CC1. The average molecular weight is 304 g/mol. The maximum atomic E-state index is 5.48. The highest BCUT2D eigenvalue weighted by Crippen LogP contribution is 2.31. The molecule has 0 aliphatic heterocycles. The summed E-state index contributed by atoms with van der Waals surface area (Å²) in [4.78, 5) is 3.29. The zero-order chi connectivity index (χ0) is 14.8. The van der Waals surface area contributed by atoms with Crippen LogP contribution in [0.2, 0.25) is 0 Å². The second kappa shape index (κ2) is 6.22. The maximum Gasteiger partial charge on any atom is 0.178 e. The molecule has 21 heavy (non-hydrogen) atoms. The van der Waals surface area contributed by atoms with Crippen LogP contribution >= 0.6 is 12.2 Å². The number of methoxy groups -OCH3 is 1. The summed E-state index contributed by atoms with van der Waals surface area (Å²) in [6, 6.07) is 6.12. The molecule has 0 spiro atoms. The average Bonchev–Trinajstić information content (AvgIpc) is 2.81. The molecule has 1 aromatic carbocycles. The Kier molecular flexibility index (Phi) is 4.34. The summed E-state index contributed by atoms with van der Waals surface area (Å²) in [5, 5.41) is 0. The molecule has 0 unspecified atom stereocenters. The van der Waals surface area contributed by atoms with Gasteiger partial charge in [-0.15, -0.1) is 0 Å². The summed E-state index contributed by atoms with van der Waals surface area (Å²) < 4.78 is 8.33. The molecule has 4 heteroatoms. The number of H-pyrrole nitrogens is 1. The number of hydrogen-bond donors (Lipinski definition) is 1. The van der Waals surface area contributed by atoms with Crippen LogP contribution in [0.3, 0.4) is 0 Å². The van der Waals surface area contributed by atoms with Gasteiger partial charge in [0.2, 0.25) is 0 Å². The van der Waals surface area contributed by atoms with Gasteiger partial charge in [-0.05, 0) is 42.6 Å². The molecule has 0 amide bonds. The zero-order valence-electron chi connectivity index (χ0n) is 12.9. The number of imidazole rings is 1. The molecule has 0 bridgehead atoms. The van der Waals surface area contributed by atoms with E-state index in [9.17, 15) is 0 Å². The first-order valence-corrected chi connectivity index (χ1v) is 8.34. The van der Waals surface area contributed by atoms with Crippen LogP contribution in [0.4, 0.5) is 0 Å². The zero-order valence-corrected chi connectivity index (χ0v) is 13.7. The summed E-state index contributed by atoms with van der Waals surface area (Å²) in [5.41, 5.74) is 2.25. The minimum absolute atomic E-state index is 0.822. The lowest BCUT2D eigenvalue weighted by Crippen LogP contribution is -2.14. The minimum Gasteiger partial charge on any atom is -0.497 e. The molecule has 2 aromatic rings. The van der Waals surface area contributed by atoms with Crippen molar-refractivity contribution in [2.45, 2.75) is 45.6 Å². The monoisotopic (exact) mass is 304 g/mol. The molecule has 1 aromatic heterocycles. The number of hydrogen-bond acceptors (Lipinski definition) is 2. The van der Waals surface area contributed by atoms with Crippen molar-refractivity contribution in [3.63, 3.8) is 0 Å². The summed E-state index contributed by atoms with van der Waals surface area (Å²) in [6.07, 6.45) is 6.78. The van der Waals surface area contributed by atoms with Gasteiger partial charge in [0, 0.05) is 12.6 Å². The molecule has 1 fully saturated rings. The molecule has 1 N–H and O–H groups in total. The molecule has 1 saturated carbocycles. The molecule has 1 heterocycles. The van der Waals surface area contributed by atoms with E-state index in [1.165, 1.54) is 37.6 Å². The van der Waals surface area contributed by atoms with E-state index in [4.69, 9.17) is 17.0 Å². The third kappa shape index (κ3) is 3.15. The van der Waals surface area contributed by atoms with Crippen molar-refractivity contribution in [1.82, 2.24) is 9.55 Å². The van der Waals surface area contributed by atoms with Crippen molar-refractivity contribution < 1.29 is 4.74 Å². The van der Waals surface area contributed by atoms with Crippen molar-refractivity contribution in [1.29, 1.82) is 0 Å². The van der Waals surface area contributed by atoms with Crippen LogP contribution in [-0.2, 0) is 6.54 Å². The number of aryl methyl sites for hydroxylation is 1. The largest absolute Gasteiger partial charge is 0.497 e. The van der Waals surface area contributed by atoms with Crippen LogP contribution < -0.4 is 4.74 Å². The molecule has 0 atom stereocenters. The Hall–Kier alpha value is -1.29. The summed E-state index contributed by atoms with van der Waals surface area (Å²) in [5.74, 6) is 2.66. The molecule has 0 saturated heterocycles. The van der Waals surface area contributed by atoms with Gasteiger partial charge in [0.1, 0.15) is 5.75 Å². The number of aromatic nitrogens is 2. The molecule has 114 valence electrons. The Morgan fingerprint density at radius 3 is 2.76 bits per heavy atom. The van der Waals surface area contributed by atoms with E-state index in [-0.39, 0.29) is 0 Å². The lowest BCUT2D eigenvalue weighted by atomic mass is 9.81. The lowest BCUT2D eigenvalue weighted by Gasteiger charge is -2.26. The fourth-order valence-corrected chi connectivity index (χ4v) is 3.72. The van der Waals surface area contributed by atoms with E-state index in [2.05, 4.69) is 22.5 Å². The van der Waals surface area contributed by atoms with Crippen LogP contribution in [0.1, 0.15) is 39.0 Å². The number of ether oxygens (including phenoxy) is 1. The molecular formula is C17H24N2OS. The van der Waals surface area contributed by atoms with Crippen molar-refractivity contribution >= 4 is 23.3 Å². The standard InChI is InChI=1S/C17H24N2OS/c1-12-3-5-13(6-4-12)9-10-19-16-8-7-14(20-2)11-15(16)18-17(19)21/h7-8,11-13H,3-6,9-10H2,1-2H3,(H,18,21). The Morgan fingerprint density at radius 2 is 2.05 bits per heavy atom. The fourth-order valence-electron chi connectivity index (χ4n) is 3.42. The van der Waals surface area contributed by atoms with Gasteiger partial charge in [-0.25, -0.2) is 0 Å². The van der Waals surface area contributed by atoms with E-state index < -0.39 is 0 Å². The lowest BCUT2D eigenvalue weighted by molar-refractivity contribution is 0.269. The molecule has 1 aliphatic carbocycles. The first-order valence-electron chi connectivity index (χ1n) is 7.94. The predicted molar refractivity (Wildman–Crippen MR) is 89.4 cm³/mol. The Bertz CT molecular complexity index is 665. The Morgan fingerprint density at radius 1 is 1.29 bits per heavy atom. The fraction of sp³-hybridized carbons (Fsp3) is 0.588. The molecule has 3 rings (SSSR count). The second-order valence-electron chi connectivity index (χ2n) is 6.38. The van der Waals surface area contributed by atoms with Crippen LogP contribution in [-0.4, -0.2) is 16.7 Å². The topological polar surface area (TPSA) is 29.9 Å². The van der Waals surface area contributed by atoms with Crippen molar-refractivity contribution in [3.05, 3.63) is 23.0 Å². The number of nitrogens with one attached hydrogen (secondary N) is 1. The van der Waals surface area contributed by atoms with Crippen molar-refractivity contribution in [2.75, 3.05) is 7.11 Å². The number of fused-ring (bicyclic) bond motifs is 1. The van der Waals surface area contributed by atoms with Gasteiger partial charge < -0.3 is 14.3 Å². The van der Waals surface area contributed by atoms with E-state index in [1.54, 1.807) is 7.11 Å². The molecule has 1 aliphatic rings. The van der Waals surface area contributed by atoms with E-state index in [1.807, 2.05) is 12.1 Å². The number of aromatic amines is 1. The van der Waals surface area contributed by atoms with Crippen molar-refractivity contribution in [3.8, 4) is 5.75 Å². The summed E-state index contributed by atoms with van der Waals surface area (Å²) >= 11 is 5.48. The normalized spacial score (nSPS) is 22.6. The molecule has 0 radical (unpaired) electrons. The van der Waals surface area contributed by atoms with Crippen LogP contribution in [0.25, 0.3) is 11.0 Å². The number of benzene rings is 1. The third-order valence-electron chi connectivity index (χ3n) is 4.88. The highest BCUT2D eigenvalue weighted by Gasteiger charge is 2.18. The minimum atomic E-state index is 0.822. The maximum absolute atomic E-state index is 5.48. The van der Waals surface area contributed by atoms with Gasteiger partial charge in [0.15, 0.2) is 4.77 Å². The smallest absolute Gasteiger partial charge is 0.178 e. The number of nitrogens with zero attached hydrogens (tertiary/aromatic N) is 1. The Labute approximate surface area is 131 Å². The van der Waals surface area contributed by atoms with E-state index >= 15 is 0 Å². The quantitative estimate of drug-likeness (QED) is 0.812. The van der Waals surface area contributed by atoms with Crippen molar-refractivity contribution in [2.24, 2.45) is 11.8 Å². The first-order chi connectivity index (χ1) is 10.2. The first kappa shape index (κ1) is 14.6. The van der Waals surface area contributed by atoms with Crippen LogP contribution in [0.5, 0.6) is 5.75 Å². The van der Waals surface area contributed by atoms with Crippen LogP contribution in [0.15, 0.2) is 18.2 Å². The van der Waals surface area contributed by atoms with Gasteiger partial charge >= 0.3 is 0 Å². The highest BCUT2D eigenvalue weighted by molar-refractivity contribution is 7.71. The predicted octanol–water partition coefficient (Wildman–Crippen LogP) is 4.92. The molecule has 3 nitrogen and oxygen atoms in total. The summed E-state index contributed by atoms with van der Waals surface area (Å²) in [7, 11) is 1.69. The van der Waals surface area contributed by atoms with Gasteiger partial charge in [-0.1, -0.05) is 32.6 Å². The summed E-state index contributed by atoms with van der Waals surface area (Å²) in [6.45, 7) is 3.39. The number of rotatable bonds is 4. The van der Waals surface area contributed by atoms with Gasteiger partial charge in [-0.3, -0.25) is 0 Å². The van der Waals surface area contributed by atoms with E-state index in [0.29, 0.717) is 0 Å². The van der Waals surface area contributed by atoms with Gasteiger partial charge in [0.25, 0.3) is 0 Å². The van der Waals surface area contributed by atoms with Crippen LogP contribution in [0, 0.1) is 16.6 Å². The third-order valence-corrected chi connectivity index (χ3v) is 5.20. The van der Waals surface area contributed by atoms with E-state index in [0.717, 1.165) is 34.4 Å².